The summed E-state index contributed by atoms with van der Waals surface area (Å²) in [6.45, 7) is 5.40. The van der Waals surface area contributed by atoms with E-state index in [9.17, 15) is 0 Å². The van der Waals surface area contributed by atoms with Crippen molar-refractivity contribution in [1.82, 2.24) is 9.97 Å². The Morgan fingerprint density at radius 2 is 1.71 bits per heavy atom. The van der Waals surface area contributed by atoms with Crippen LogP contribution in [0.25, 0.3) is 0 Å². The van der Waals surface area contributed by atoms with Crippen molar-refractivity contribution in [2.45, 2.75) is 84.0 Å². The number of anilines is 1. The van der Waals surface area contributed by atoms with E-state index < -0.39 is 0 Å². The summed E-state index contributed by atoms with van der Waals surface area (Å²) in [5, 5.41) is 3.45. The first-order valence-electron chi connectivity index (χ1n) is 8.95. The van der Waals surface area contributed by atoms with Gasteiger partial charge in [0.2, 0.25) is 0 Å². The molecule has 0 spiro atoms. The molecule has 0 bridgehead atoms. The van der Waals surface area contributed by atoms with E-state index in [1.165, 1.54) is 50.6 Å². The molecule has 1 aliphatic carbocycles. The lowest BCUT2D eigenvalue weighted by atomic mass is 9.90. The zero-order valence-electron chi connectivity index (χ0n) is 13.8. The molecule has 1 aromatic heterocycles. The Balaban J connectivity index is 2.16. The second-order valence-electron chi connectivity index (χ2n) is 6.32. The van der Waals surface area contributed by atoms with Crippen LogP contribution >= 0.6 is 0 Å². The van der Waals surface area contributed by atoms with E-state index in [-0.39, 0.29) is 0 Å². The van der Waals surface area contributed by atoms with E-state index in [4.69, 9.17) is 9.97 Å². The molecule has 0 aliphatic heterocycles. The van der Waals surface area contributed by atoms with Gasteiger partial charge in [-0.05, 0) is 25.7 Å². The molecule has 1 N–H and O–H groups in total. The van der Waals surface area contributed by atoms with Gasteiger partial charge in [0.15, 0.2) is 0 Å². The van der Waals surface area contributed by atoms with E-state index >= 15 is 0 Å². The predicted octanol–water partition coefficient (Wildman–Crippen LogP) is 5.08. The van der Waals surface area contributed by atoms with E-state index in [0.29, 0.717) is 5.92 Å². The normalized spacial score (nSPS) is 17.2. The Kier molecular flexibility index (Phi) is 6.98. The van der Waals surface area contributed by atoms with E-state index in [0.717, 1.165) is 37.4 Å². The van der Waals surface area contributed by atoms with Crippen molar-refractivity contribution in [2.75, 3.05) is 11.9 Å². The lowest BCUT2D eigenvalue weighted by molar-refractivity contribution is 0.441. The van der Waals surface area contributed by atoms with Crippen molar-refractivity contribution in [3.63, 3.8) is 0 Å². The van der Waals surface area contributed by atoms with Crippen molar-refractivity contribution in [3.05, 3.63) is 17.6 Å². The molecule has 1 aliphatic rings. The van der Waals surface area contributed by atoms with Crippen LogP contribution in [0.15, 0.2) is 6.07 Å². The molecule has 1 saturated carbocycles. The van der Waals surface area contributed by atoms with Gasteiger partial charge in [-0.3, -0.25) is 0 Å². The second-order valence-corrected chi connectivity index (χ2v) is 6.32. The van der Waals surface area contributed by atoms with Crippen LogP contribution in [0, 0.1) is 0 Å². The largest absolute Gasteiger partial charge is 0.370 e. The molecule has 1 heterocycles. The highest BCUT2D eigenvalue weighted by atomic mass is 15.0. The summed E-state index contributed by atoms with van der Waals surface area (Å²) in [5.74, 6) is 2.71. The zero-order valence-corrected chi connectivity index (χ0v) is 13.8. The Bertz CT molecular complexity index is 409. The number of aromatic nitrogens is 2. The van der Waals surface area contributed by atoms with Crippen LogP contribution in [0.1, 0.15) is 89.1 Å². The predicted molar refractivity (Wildman–Crippen MR) is 89.9 cm³/mol. The lowest BCUT2D eigenvalue weighted by Crippen LogP contribution is -2.12. The van der Waals surface area contributed by atoms with Crippen LogP contribution in [0.3, 0.4) is 0 Å². The summed E-state index contributed by atoms with van der Waals surface area (Å²) in [5.41, 5.74) is 1.21. The number of hydrogen-bond donors (Lipinski definition) is 1. The topological polar surface area (TPSA) is 37.8 Å². The van der Waals surface area contributed by atoms with Gasteiger partial charge in [0.05, 0.1) is 0 Å². The van der Waals surface area contributed by atoms with Gasteiger partial charge in [0.25, 0.3) is 0 Å². The monoisotopic (exact) mass is 289 g/mol. The first-order valence-corrected chi connectivity index (χ1v) is 8.95. The van der Waals surface area contributed by atoms with Crippen molar-refractivity contribution in [3.8, 4) is 0 Å². The SMILES string of the molecule is CCCNc1cc(CCC)nc(C2CCCCCCC2)n1. The summed E-state index contributed by atoms with van der Waals surface area (Å²) < 4.78 is 0. The van der Waals surface area contributed by atoms with E-state index in [1.54, 1.807) is 0 Å². The van der Waals surface area contributed by atoms with Crippen LogP contribution in [0.2, 0.25) is 0 Å². The smallest absolute Gasteiger partial charge is 0.134 e. The van der Waals surface area contributed by atoms with Gasteiger partial charge in [-0.15, -0.1) is 0 Å². The third-order valence-electron chi connectivity index (χ3n) is 4.33. The summed E-state index contributed by atoms with van der Waals surface area (Å²) in [6.07, 6.45) is 12.7. The third kappa shape index (κ3) is 5.29. The fourth-order valence-corrected chi connectivity index (χ4v) is 3.14. The molecule has 0 amide bonds. The fraction of sp³-hybridized carbons (Fsp3) is 0.778. The maximum Gasteiger partial charge on any atom is 0.134 e. The lowest BCUT2D eigenvalue weighted by Gasteiger charge is -2.20. The molecule has 3 heteroatoms. The zero-order chi connectivity index (χ0) is 14.9. The number of aryl methyl sites for hydroxylation is 1. The minimum Gasteiger partial charge on any atom is -0.370 e. The summed E-state index contributed by atoms with van der Waals surface area (Å²) in [7, 11) is 0. The average molecular weight is 289 g/mol. The fourth-order valence-electron chi connectivity index (χ4n) is 3.14. The molecule has 0 radical (unpaired) electrons. The average Bonchev–Trinajstić information content (AvgIpc) is 2.45. The highest BCUT2D eigenvalue weighted by Crippen LogP contribution is 2.29. The van der Waals surface area contributed by atoms with Crippen molar-refractivity contribution >= 4 is 5.82 Å². The summed E-state index contributed by atoms with van der Waals surface area (Å²) in [4.78, 5) is 9.70. The Morgan fingerprint density at radius 3 is 2.38 bits per heavy atom. The third-order valence-corrected chi connectivity index (χ3v) is 4.33. The number of nitrogens with zero attached hydrogens (tertiary/aromatic N) is 2. The van der Waals surface area contributed by atoms with Crippen LogP contribution in [-0.2, 0) is 6.42 Å². The minimum atomic E-state index is 0.573. The maximum absolute atomic E-state index is 4.88. The molecule has 0 aromatic carbocycles. The first kappa shape index (κ1) is 16.3. The van der Waals surface area contributed by atoms with Gasteiger partial charge in [0, 0.05) is 24.2 Å². The molecule has 2 rings (SSSR count). The van der Waals surface area contributed by atoms with Crippen LogP contribution in [0.4, 0.5) is 5.82 Å². The minimum absolute atomic E-state index is 0.573. The molecule has 1 aromatic rings. The molecule has 21 heavy (non-hydrogen) atoms. The van der Waals surface area contributed by atoms with Crippen molar-refractivity contribution in [1.29, 1.82) is 0 Å². The van der Waals surface area contributed by atoms with Gasteiger partial charge < -0.3 is 5.32 Å². The number of hydrogen-bond acceptors (Lipinski definition) is 3. The first-order chi connectivity index (χ1) is 10.3. The van der Waals surface area contributed by atoms with E-state index in [1.807, 2.05) is 0 Å². The molecular weight excluding hydrogens is 258 g/mol. The van der Waals surface area contributed by atoms with Gasteiger partial charge >= 0.3 is 0 Å². The molecule has 1 fully saturated rings. The van der Waals surface area contributed by atoms with Crippen molar-refractivity contribution < 1.29 is 0 Å². The Morgan fingerprint density at radius 1 is 1.00 bits per heavy atom. The molecule has 118 valence electrons. The molecule has 0 unspecified atom stereocenters. The molecule has 0 atom stereocenters. The summed E-state index contributed by atoms with van der Waals surface area (Å²) >= 11 is 0. The maximum atomic E-state index is 4.88. The molecule has 0 saturated heterocycles. The highest BCUT2D eigenvalue weighted by Gasteiger charge is 2.17. The van der Waals surface area contributed by atoms with Gasteiger partial charge in [0.1, 0.15) is 11.6 Å². The van der Waals surface area contributed by atoms with Gasteiger partial charge in [-0.1, -0.05) is 52.4 Å². The van der Waals surface area contributed by atoms with Crippen LogP contribution < -0.4 is 5.32 Å². The quantitative estimate of drug-likeness (QED) is 0.793. The molecule has 3 nitrogen and oxygen atoms in total. The van der Waals surface area contributed by atoms with E-state index in [2.05, 4.69) is 25.2 Å². The van der Waals surface area contributed by atoms with Gasteiger partial charge in [-0.25, -0.2) is 9.97 Å². The molecular formula is C18H31N3. The van der Waals surface area contributed by atoms with Gasteiger partial charge in [-0.2, -0.15) is 0 Å². The second kappa shape index (κ2) is 9.01. The van der Waals surface area contributed by atoms with Crippen LogP contribution in [0.5, 0.6) is 0 Å². The highest BCUT2D eigenvalue weighted by molar-refractivity contribution is 5.36. The Labute approximate surface area is 130 Å². The number of rotatable bonds is 6. The van der Waals surface area contributed by atoms with Crippen LogP contribution in [-0.4, -0.2) is 16.5 Å². The summed E-state index contributed by atoms with van der Waals surface area (Å²) in [6, 6.07) is 2.14. The van der Waals surface area contributed by atoms with Crippen molar-refractivity contribution in [2.24, 2.45) is 0 Å². The Hall–Kier alpha value is -1.12. The standard InChI is InChI=1S/C18H31N3/c1-3-10-16-14-17(19-13-4-2)21-18(20-16)15-11-8-6-5-7-9-12-15/h14-15H,3-13H2,1-2H3,(H,19,20,21). The number of nitrogens with one attached hydrogen (secondary N) is 1.